The highest BCUT2D eigenvalue weighted by Crippen LogP contribution is 2.31. The van der Waals surface area contributed by atoms with Gasteiger partial charge in [0.05, 0.1) is 19.0 Å². The van der Waals surface area contributed by atoms with Gasteiger partial charge in [-0.05, 0) is 54.6 Å². The van der Waals surface area contributed by atoms with Gasteiger partial charge in [-0.1, -0.05) is 0 Å². The van der Waals surface area contributed by atoms with Crippen LogP contribution in [0.1, 0.15) is 37.1 Å². The summed E-state index contributed by atoms with van der Waals surface area (Å²) >= 11 is 0. The molecule has 10 nitrogen and oxygen atoms in total. The first-order valence-corrected chi connectivity index (χ1v) is 12.6. The Hall–Kier alpha value is -3.38. The largest absolute Gasteiger partial charge is 0.490 e. The summed E-state index contributed by atoms with van der Waals surface area (Å²) in [4.78, 5) is 17.2. The van der Waals surface area contributed by atoms with Crippen LogP contribution < -0.4 is 20.3 Å². The van der Waals surface area contributed by atoms with Crippen LogP contribution in [-0.4, -0.2) is 65.5 Å². The highest BCUT2D eigenvalue weighted by Gasteiger charge is 2.34. The molecule has 3 aromatic rings. The Kier molecular flexibility index (Phi) is 7.75. The van der Waals surface area contributed by atoms with Crippen LogP contribution >= 0.6 is 0 Å². The summed E-state index contributed by atoms with van der Waals surface area (Å²) in [7, 11) is 0. The van der Waals surface area contributed by atoms with E-state index in [0.717, 1.165) is 38.1 Å². The van der Waals surface area contributed by atoms with Crippen LogP contribution in [0.4, 0.5) is 20.7 Å². The number of halogens is 2. The first-order valence-electron chi connectivity index (χ1n) is 12.6. The molecule has 0 bridgehead atoms. The molecule has 0 unspecified atom stereocenters. The summed E-state index contributed by atoms with van der Waals surface area (Å²) in [5.74, 6) is 1.27. The van der Waals surface area contributed by atoms with Gasteiger partial charge in [0.15, 0.2) is 5.75 Å². The van der Waals surface area contributed by atoms with Crippen molar-refractivity contribution in [2.75, 3.05) is 49.2 Å². The molecule has 12 heteroatoms. The van der Waals surface area contributed by atoms with Crippen LogP contribution in [0, 0.1) is 17.6 Å². The molecular formula is C25H31F2N7O3. The van der Waals surface area contributed by atoms with E-state index in [1.807, 2.05) is 11.8 Å². The molecule has 0 radical (unpaired) electrons. The number of hydrogen-bond donors (Lipinski definition) is 1. The Morgan fingerprint density at radius 2 is 1.86 bits per heavy atom. The Labute approximate surface area is 213 Å². The number of aromatic nitrogens is 4. The molecule has 2 atom stereocenters. The molecule has 2 aromatic heterocycles. The second-order valence-electron chi connectivity index (χ2n) is 9.43. The fourth-order valence-corrected chi connectivity index (χ4v) is 4.80. The summed E-state index contributed by atoms with van der Waals surface area (Å²) in [6.07, 6.45) is 5.16. The quantitative estimate of drug-likeness (QED) is 0.456. The molecule has 198 valence electrons. The van der Waals surface area contributed by atoms with Crippen molar-refractivity contribution < 1.29 is 22.8 Å². The van der Waals surface area contributed by atoms with Crippen molar-refractivity contribution in [3.8, 4) is 5.75 Å². The number of hydrogen-bond acceptors (Lipinski definition) is 10. The van der Waals surface area contributed by atoms with Gasteiger partial charge in [0.2, 0.25) is 5.95 Å². The number of anilines is 2. The van der Waals surface area contributed by atoms with Gasteiger partial charge in [-0.2, -0.15) is 4.98 Å². The molecule has 5 rings (SSSR count). The smallest absolute Gasteiger partial charge is 0.266 e. The van der Waals surface area contributed by atoms with Crippen molar-refractivity contribution in [1.29, 1.82) is 0 Å². The third-order valence-electron chi connectivity index (χ3n) is 6.89. The van der Waals surface area contributed by atoms with Gasteiger partial charge < -0.3 is 29.5 Å². The van der Waals surface area contributed by atoms with E-state index < -0.39 is 11.6 Å². The van der Waals surface area contributed by atoms with Gasteiger partial charge in [-0.3, -0.25) is 0 Å². The van der Waals surface area contributed by atoms with Crippen molar-refractivity contribution in [2.45, 2.75) is 38.3 Å². The lowest BCUT2D eigenvalue weighted by molar-refractivity contribution is 0.109. The van der Waals surface area contributed by atoms with E-state index in [1.54, 1.807) is 12.4 Å². The zero-order valence-corrected chi connectivity index (χ0v) is 20.7. The molecule has 2 aliphatic heterocycles. The van der Waals surface area contributed by atoms with Crippen LogP contribution in [-0.2, 0) is 11.3 Å². The predicted octanol–water partition coefficient (Wildman–Crippen LogP) is 2.90. The second kappa shape index (κ2) is 11.3. The van der Waals surface area contributed by atoms with Crippen molar-refractivity contribution in [3.05, 3.63) is 53.7 Å². The minimum Gasteiger partial charge on any atom is -0.490 e. The number of benzene rings is 1. The van der Waals surface area contributed by atoms with Gasteiger partial charge in [0.25, 0.3) is 11.8 Å². The molecular weight excluding hydrogens is 484 g/mol. The molecule has 0 aliphatic carbocycles. The van der Waals surface area contributed by atoms with E-state index in [9.17, 15) is 8.78 Å². The fourth-order valence-electron chi connectivity index (χ4n) is 4.80. The SMILES string of the molecule is CCOCc1nc(N2CCC(COc3cnc(N4C[C@H](c5cc(F)ccc5F)[C@@H](N)C4)nc3)CC2)no1. The third kappa shape index (κ3) is 5.96. The van der Waals surface area contributed by atoms with E-state index in [-0.39, 0.29) is 17.5 Å². The molecule has 2 N–H and O–H groups in total. The maximum Gasteiger partial charge on any atom is 0.266 e. The van der Waals surface area contributed by atoms with E-state index in [0.29, 0.717) is 62.4 Å². The van der Waals surface area contributed by atoms with Gasteiger partial charge in [0, 0.05) is 44.7 Å². The van der Waals surface area contributed by atoms with Crippen molar-refractivity contribution in [3.63, 3.8) is 0 Å². The topological polar surface area (TPSA) is 116 Å². The van der Waals surface area contributed by atoms with E-state index in [1.165, 1.54) is 6.07 Å². The fraction of sp³-hybridized carbons (Fsp3) is 0.520. The van der Waals surface area contributed by atoms with Gasteiger partial charge in [-0.25, -0.2) is 18.7 Å². The Morgan fingerprint density at radius 1 is 1.08 bits per heavy atom. The zero-order chi connectivity index (χ0) is 25.8. The third-order valence-corrected chi connectivity index (χ3v) is 6.89. The second-order valence-corrected chi connectivity index (χ2v) is 9.43. The van der Waals surface area contributed by atoms with Crippen LogP contribution in [0.25, 0.3) is 0 Å². The van der Waals surface area contributed by atoms with Crippen LogP contribution in [0.5, 0.6) is 5.75 Å². The molecule has 1 aromatic carbocycles. The maximum absolute atomic E-state index is 14.3. The zero-order valence-electron chi connectivity index (χ0n) is 20.7. The van der Waals surface area contributed by atoms with Crippen LogP contribution in [0.2, 0.25) is 0 Å². The lowest BCUT2D eigenvalue weighted by Gasteiger charge is -2.30. The molecule has 2 fully saturated rings. The van der Waals surface area contributed by atoms with Gasteiger partial charge in [0.1, 0.15) is 18.2 Å². The number of nitrogens with zero attached hydrogens (tertiary/aromatic N) is 6. The maximum atomic E-state index is 14.3. The molecule has 4 heterocycles. The molecule has 0 amide bonds. The van der Waals surface area contributed by atoms with E-state index in [2.05, 4.69) is 25.0 Å². The van der Waals surface area contributed by atoms with Crippen molar-refractivity contribution in [2.24, 2.45) is 11.7 Å². The molecule has 2 saturated heterocycles. The number of ether oxygens (including phenoxy) is 2. The first kappa shape index (κ1) is 25.3. The molecule has 2 aliphatic rings. The average Bonchev–Trinajstić information content (AvgIpc) is 3.55. The van der Waals surface area contributed by atoms with Gasteiger partial charge >= 0.3 is 0 Å². The molecule has 37 heavy (non-hydrogen) atoms. The normalized spacial score (nSPS) is 20.5. The minimum atomic E-state index is -0.480. The Balaban J connectivity index is 1.09. The lowest BCUT2D eigenvalue weighted by Crippen LogP contribution is -2.36. The number of nitrogens with two attached hydrogens (primary N) is 1. The van der Waals surface area contributed by atoms with E-state index in [4.69, 9.17) is 19.7 Å². The highest BCUT2D eigenvalue weighted by atomic mass is 19.1. The van der Waals surface area contributed by atoms with Crippen molar-refractivity contribution >= 4 is 11.9 Å². The summed E-state index contributed by atoms with van der Waals surface area (Å²) in [6, 6.07) is 3.10. The van der Waals surface area contributed by atoms with E-state index >= 15 is 0 Å². The van der Waals surface area contributed by atoms with Crippen LogP contribution in [0.15, 0.2) is 35.1 Å². The Morgan fingerprint density at radius 3 is 2.62 bits per heavy atom. The standard InChI is InChI=1S/C25H31F2N7O3/c1-2-35-15-23-31-25(32-37-23)33-7-5-16(6-8-33)14-36-18-10-29-24(30-11-18)34-12-20(22(28)13-34)19-9-17(26)3-4-21(19)27/h3-4,9-11,16,20,22H,2,5-8,12-15,28H2,1H3/t20-,22+/m1/s1. The lowest BCUT2D eigenvalue weighted by atomic mass is 9.94. The molecule has 0 spiro atoms. The number of rotatable bonds is 9. The average molecular weight is 516 g/mol. The number of piperidine rings is 1. The molecule has 0 saturated carbocycles. The predicted molar refractivity (Wildman–Crippen MR) is 131 cm³/mol. The summed E-state index contributed by atoms with van der Waals surface area (Å²) in [5.41, 5.74) is 6.54. The monoisotopic (exact) mass is 515 g/mol. The first-order chi connectivity index (χ1) is 18.0. The highest BCUT2D eigenvalue weighted by molar-refractivity contribution is 5.39. The summed E-state index contributed by atoms with van der Waals surface area (Å²) in [6.45, 7) is 5.91. The van der Waals surface area contributed by atoms with Crippen molar-refractivity contribution in [1.82, 2.24) is 20.1 Å². The summed E-state index contributed by atoms with van der Waals surface area (Å²) in [5, 5.41) is 4.05. The van der Waals surface area contributed by atoms with Crippen LogP contribution in [0.3, 0.4) is 0 Å². The summed E-state index contributed by atoms with van der Waals surface area (Å²) < 4.78 is 44.4. The minimum absolute atomic E-state index is 0.284. The Bertz CT molecular complexity index is 1170. The van der Waals surface area contributed by atoms with Gasteiger partial charge in [-0.15, -0.1) is 0 Å².